The van der Waals surface area contributed by atoms with E-state index in [-0.39, 0.29) is 0 Å². The van der Waals surface area contributed by atoms with Crippen LogP contribution in [-0.4, -0.2) is 13.7 Å². The maximum atomic E-state index is 6.06. The topological polar surface area (TPSA) is 12.5 Å². The van der Waals surface area contributed by atoms with E-state index in [2.05, 4.69) is 47.4 Å². The SMILES string of the molecule is COc1ccc(CN2CCc3cccc(-c4ccc(Cl)cc4)c32)cc1. The van der Waals surface area contributed by atoms with Crippen LogP contribution < -0.4 is 9.64 Å². The number of hydrogen-bond donors (Lipinski definition) is 0. The fourth-order valence-electron chi connectivity index (χ4n) is 3.51. The van der Waals surface area contributed by atoms with E-state index < -0.39 is 0 Å². The zero-order chi connectivity index (χ0) is 17.2. The summed E-state index contributed by atoms with van der Waals surface area (Å²) < 4.78 is 5.26. The summed E-state index contributed by atoms with van der Waals surface area (Å²) in [7, 11) is 1.70. The lowest BCUT2D eigenvalue weighted by Gasteiger charge is -2.23. The number of anilines is 1. The van der Waals surface area contributed by atoms with Crippen LogP contribution in [0.2, 0.25) is 5.02 Å². The molecule has 1 heterocycles. The number of fused-ring (bicyclic) bond motifs is 1. The molecule has 4 rings (SSSR count). The quantitative estimate of drug-likeness (QED) is 0.609. The van der Waals surface area contributed by atoms with Gasteiger partial charge in [-0.05, 0) is 47.4 Å². The third-order valence-electron chi connectivity index (χ3n) is 4.77. The van der Waals surface area contributed by atoms with Gasteiger partial charge in [0.15, 0.2) is 0 Å². The lowest BCUT2D eigenvalue weighted by molar-refractivity contribution is 0.414. The Hall–Kier alpha value is -2.45. The van der Waals surface area contributed by atoms with Gasteiger partial charge in [-0.2, -0.15) is 0 Å². The molecule has 0 aromatic heterocycles. The summed E-state index contributed by atoms with van der Waals surface area (Å²) >= 11 is 6.06. The third kappa shape index (κ3) is 3.22. The van der Waals surface area contributed by atoms with Crippen molar-refractivity contribution in [2.75, 3.05) is 18.6 Å². The Morgan fingerprint density at radius 2 is 1.72 bits per heavy atom. The van der Waals surface area contributed by atoms with Gasteiger partial charge in [0.25, 0.3) is 0 Å². The van der Waals surface area contributed by atoms with Gasteiger partial charge in [-0.15, -0.1) is 0 Å². The molecule has 3 aromatic rings. The second kappa shape index (κ2) is 6.81. The predicted molar refractivity (Wildman–Crippen MR) is 105 cm³/mol. The van der Waals surface area contributed by atoms with Crippen molar-refractivity contribution in [1.82, 2.24) is 0 Å². The Kier molecular flexibility index (Phi) is 4.37. The molecule has 0 fully saturated rings. The molecule has 2 nitrogen and oxygen atoms in total. The zero-order valence-electron chi connectivity index (χ0n) is 14.2. The minimum absolute atomic E-state index is 0.770. The van der Waals surface area contributed by atoms with E-state index in [9.17, 15) is 0 Å². The Morgan fingerprint density at radius 1 is 0.960 bits per heavy atom. The maximum Gasteiger partial charge on any atom is 0.118 e. The Morgan fingerprint density at radius 3 is 2.44 bits per heavy atom. The van der Waals surface area contributed by atoms with Crippen molar-refractivity contribution in [1.29, 1.82) is 0 Å². The fourth-order valence-corrected chi connectivity index (χ4v) is 3.63. The highest BCUT2D eigenvalue weighted by molar-refractivity contribution is 6.30. The van der Waals surface area contributed by atoms with Gasteiger partial charge >= 0.3 is 0 Å². The molecular formula is C22H20ClNO. The largest absolute Gasteiger partial charge is 0.497 e. The monoisotopic (exact) mass is 349 g/mol. The molecule has 126 valence electrons. The molecule has 0 spiro atoms. The van der Waals surface area contributed by atoms with Crippen molar-refractivity contribution < 1.29 is 4.74 Å². The van der Waals surface area contributed by atoms with Gasteiger partial charge in [0.05, 0.1) is 7.11 Å². The minimum Gasteiger partial charge on any atom is -0.497 e. The number of methoxy groups -OCH3 is 1. The van der Waals surface area contributed by atoms with Crippen LogP contribution in [0.3, 0.4) is 0 Å². The smallest absolute Gasteiger partial charge is 0.118 e. The lowest BCUT2D eigenvalue weighted by atomic mass is 10.00. The Balaban J connectivity index is 1.67. The zero-order valence-corrected chi connectivity index (χ0v) is 15.0. The molecule has 1 aliphatic heterocycles. The Labute approximate surface area is 153 Å². The molecule has 3 aromatic carbocycles. The van der Waals surface area contributed by atoms with E-state index in [1.54, 1.807) is 7.11 Å². The number of nitrogens with zero attached hydrogens (tertiary/aromatic N) is 1. The average molecular weight is 350 g/mol. The minimum atomic E-state index is 0.770. The number of hydrogen-bond acceptors (Lipinski definition) is 2. The number of rotatable bonds is 4. The molecule has 0 saturated carbocycles. The first-order valence-electron chi connectivity index (χ1n) is 8.50. The number of benzene rings is 3. The van der Waals surface area contributed by atoms with E-state index in [4.69, 9.17) is 16.3 Å². The normalized spacial score (nSPS) is 13.0. The highest BCUT2D eigenvalue weighted by atomic mass is 35.5. The van der Waals surface area contributed by atoms with Gasteiger partial charge in [-0.3, -0.25) is 0 Å². The van der Waals surface area contributed by atoms with Crippen molar-refractivity contribution in [3.8, 4) is 16.9 Å². The maximum absolute atomic E-state index is 6.06. The second-order valence-electron chi connectivity index (χ2n) is 6.34. The van der Waals surface area contributed by atoms with Crippen molar-refractivity contribution in [3.05, 3.63) is 82.9 Å². The standard InChI is InChI=1S/C22H20ClNO/c1-25-20-11-5-16(6-12-20)15-24-14-13-18-3-2-4-21(22(18)24)17-7-9-19(23)10-8-17/h2-12H,13-15H2,1H3. The van der Waals surface area contributed by atoms with Gasteiger partial charge in [-0.1, -0.05) is 54.1 Å². The molecular weight excluding hydrogens is 330 g/mol. The van der Waals surface area contributed by atoms with E-state index >= 15 is 0 Å². The summed E-state index contributed by atoms with van der Waals surface area (Å²) in [5.41, 5.74) is 6.55. The first-order chi connectivity index (χ1) is 12.2. The summed E-state index contributed by atoms with van der Waals surface area (Å²) in [4.78, 5) is 2.47. The van der Waals surface area contributed by atoms with Crippen LogP contribution in [0.25, 0.3) is 11.1 Å². The number of para-hydroxylation sites is 1. The summed E-state index contributed by atoms with van der Waals surface area (Å²) in [5.74, 6) is 0.896. The molecule has 0 N–H and O–H groups in total. The van der Waals surface area contributed by atoms with Crippen LogP contribution in [-0.2, 0) is 13.0 Å². The molecule has 0 bridgehead atoms. The number of halogens is 1. The van der Waals surface area contributed by atoms with E-state index in [0.29, 0.717) is 0 Å². The molecule has 0 unspecified atom stereocenters. The van der Waals surface area contributed by atoms with Gasteiger partial charge in [-0.25, -0.2) is 0 Å². The fraction of sp³-hybridized carbons (Fsp3) is 0.182. The predicted octanol–water partition coefficient (Wildman–Crippen LogP) is 5.58. The highest BCUT2D eigenvalue weighted by Crippen LogP contribution is 2.39. The van der Waals surface area contributed by atoms with E-state index in [1.807, 2.05) is 24.3 Å². The van der Waals surface area contributed by atoms with Crippen molar-refractivity contribution in [3.63, 3.8) is 0 Å². The summed E-state index contributed by atoms with van der Waals surface area (Å²) in [6, 6.07) is 23.0. The molecule has 1 aliphatic rings. The second-order valence-corrected chi connectivity index (χ2v) is 6.78. The van der Waals surface area contributed by atoms with E-state index in [1.165, 1.54) is 27.9 Å². The van der Waals surface area contributed by atoms with Crippen molar-refractivity contribution >= 4 is 17.3 Å². The van der Waals surface area contributed by atoms with Crippen LogP contribution >= 0.6 is 11.6 Å². The third-order valence-corrected chi connectivity index (χ3v) is 5.03. The molecule has 0 aliphatic carbocycles. The summed E-state index contributed by atoms with van der Waals surface area (Å²) in [5, 5.41) is 0.770. The van der Waals surface area contributed by atoms with Crippen LogP contribution in [0.15, 0.2) is 66.7 Å². The Bertz CT molecular complexity index is 872. The number of ether oxygens (including phenoxy) is 1. The molecule has 0 atom stereocenters. The molecule has 0 radical (unpaired) electrons. The molecule has 0 saturated heterocycles. The summed E-state index contributed by atoms with van der Waals surface area (Å²) in [6.45, 7) is 1.95. The average Bonchev–Trinajstić information content (AvgIpc) is 3.06. The summed E-state index contributed by atoms with van der Waals surface area (Å²) in [6.07, 6.45) is 1.09. The van der Waals surface area contributed by atoms with Crippen LogP contribution in [0.5, 0.6) is 5.75 Å². The van der Waals surface area contributed by atoms with Gasteiger partial charge in [0.1, 0.15) is 5.75 Å². The van der Waals surface area contributed by atoms with Gasteiger partial charge in [0.2, 0.25) is 0 Å². The first kappa shape index (κ1) is 16.0. The van der Waals surface area contributed by atoms with Crippen molar-refractivity contribution in [2.45, 2.75) is 13.0 Å². The lowest BCUT2D eigenvalue weighted by Crippen LogP contribution is -2.20. The van der Waals surface area contributed by atoms with Gasteiger partial charge < -0.3 is 9.64 Å². The van der Waals surface area contributed by atoms with Crippen molar-refractivity contribution in [2.24, 2.45) is 0 Å². The molecule has 25 heavy (non-hydrogen) atoms. The van der Waals surface area contributed by atoms with Crippen LogP contribution in [0.4, 0.5) is 5.69 Å². The van der Waals surface area contributed by atoms with Crippen LogP contribution in [0.1, 0.15) is 11.1 Å². The van der Waals surface area contributed by atoms with E-state index in [0.717, 1.165) is 30.3 Å². The van der Waals surface area contributed by atoms with Crippen LogP contribution in [0, 0.1) is 0 Å². The molecule has 0 amide bonds. The highest BCUT2D eigenvalue weighted by Gasteiger charge is 2.22. The first-order valence-corrected chi connectivity index (χ1v) is 8.88. The molecule has 3 heteroatoms. The van der Waals surface area contributed by atoms with Gasteiger partial charge in [0, 0.05) is 29.4 Å².